The van der Waals surface area contributed by atoms with Gasteiger partial charge in [-0.2, -0.15) is 0 Å². The van der Waals surface area contributed by atoms with Crippen LogP contribution in [0.2, 0.25) is 0 Å². The van der Waals surface area contributed by atoms with Crippen molar-refractivity contribution >= 4 is 28.4 Å². The third kappa shape index (κ3) is 4.71. The predicted octanol–water partition coefficient (Wildman–Crippen LogP) is 6.38. The predicted molar refractivity (Wildman–Crippen MR) is 136 cm³/mol. The lowest BCUT2D eigenvalue weighted by Crippen LogP contribution is -2.25. The van der Waals surface area contributed by atoms with Crippen LogP contribution >= 0.6 is 0 Å². The molecule has 4 rings (SSSR count). The molecular weight excluding hydrogens is 410 g/mol. The number of ether oxygens (including phenoxy) is 1. The molecule has 1 aliphatic rings. The van der Waals surface area contributed by atoms with Crippen LogP contribution < -0.4 is 4.74 Å². The number of rotatable bonds is 6. The van der Waals surface area contributed by atoms with Crippen molar-refractivity contribution in [3.8, 4) is 5.75 Å². The van der Waals surface area contributed by atoms with E-state index in [9.17, 15) is 9.90 Å². The van der Waals surface area contributed by atoms with Crippen molar-refractivity contribution in [1.29, 1.82) is 0 Å². The Morgan fingerprint density at radius 2 is 1.85 bits per heavy atom. The van der Waals surface area contributed by atoms with E-state index in [1.54, 1.807) is 13.2 Å². The Morgan fingerprint density at radius 3 is 2.58 bits per heavy atom. The molecule has 1 atom stereocenters. The van der Waals surface area contributed by atoms with E-state index in [0.717, 1.165) is 47.0 Å². The summed E-state index contributed by atoms with van der Waals surface area (Å²) in [5.41, 5.74) is 6.22. The molecule has 1 aliphatic carbocycles. The zero-order valence-electron chi connectivity index (χ0n) is 19.8. The summed E-state index contributed by atoms with van der Waals surface area (Å²) < 4.78 is 5.71. The molecule has 3 aromatic carbocycles. The third-order valence-electron chi connectivity index (χ3n) is 6.49. The van der Waals surface area contributed by atoms with E-state index >= 15 is 0 Å². The van der Waals surface area contributed by atoms with Gasteiger partial charge in [0.15, 0.2) is 0 Å². The number of hydrogen-bond acceptors (Lipinski definition) is 3. The summed E-state index contributed by atoms with van der Waals surface area (Å²) in [5, 5.41) is 11.5. The van der Waals surface area contributed by atoms with Gasteiger partial charge in [0.05, 0.1) is 12.7 Å². The molecule has 1 N–H and O–H groups in total. The highest BCUT2D eigenvalue weighted by molar-refractivity contribution is 6.04. The van der Waals surface area contributed by atoms with Gasteiger partial charge in [0, 0.05) is 12.1 Å². The Hall–Kier alpha value is -3.37. The first-order chi connectivity index (χ1) is 15.9. The van der Waals surface area contributed by atoms with E-state index < -0.39 is 5.97 Å². The number of para-hydroxylation sites is 1. The quantitative estimate of drug-likeness (QED) is 0.482. The standard InChI is InChI=1S/C29H31NO3/c1-19-21(15-20-16-22-9-5-6-10-24(22)26(17-20)29(31)32)13-14-23(18-30(2)3)28(19)25-11-7-8-12-27(25)33-4/h5-12,15-17,23H,13-14,18H2,1-4H3,(H,31,32)/b21-15+. The van der Waals surface area contributed by atoms with Gasteiger partial charge in [0.25, 0.3) is 0 Å². The minimum absolute atomic E-state index is 0.341. The minimum atomic E-state index is -0.900. The minimum Gasteiger partial charge on any atom is -0.496 e. The van der Waals surface area contributed by atoms with E-state index in [4.69, 9.17) is 4.74 Å². The summed E-state index contributed by atoms with van der Waals surface area (Å²) in [6.45, 7) is 3.16. The highest BCUT2D eigenvalue weighted by Gasteiger charge is 2.27. The molecule has 0 bridgehead atoms. The Morgan fingerprint density at radius 1 is 1.12 bits per heavy atom. The second-order valence-electron chi connectivity index (χ2n) is 9.00. The molecule has 0 saturated heterocycles. The molecule has 3 aromatic rings. The summed E-state index contributed by atoms with van der Waals surface area (Å²) in [6.07, 6.45) is 4.15. The first-order valence-corrected chi connectivity index (χ1v) is 11.3. The van der Waals surface area contributed by atoms with Gasteiger partial charge >= 0.3 is 5.97 Å². The fourth-order valence-electron chi connectivity index (χ4n) is 5.03. The number of fused-ring (bicyclic) bond motifs is 1. The SMILES string of the molecule is COc1ccccc1C1=C(C)/C(=C/c2cc(C(=O)O)c3ccccc3c2)CCC1CN(C)C. The van der Waals surface area contributed by atoms with Gasteiger partial charge in [-0.1, -0.05) is 48.5 Å². The largest absolute Gasteiger partial charge is 0.496 e. The van der Waals surface area contributed by atoms with Crippen molar-refractivity contribution in [1.82, 2.24) is 4.90 Å². The topological polar surface area (TPSA) is 49.8 Å². The Balaban J connectivity index is 1.87. The summed E-state index contributed by atoms with van der Waals surface area (Å²) in [7, 11) is 5.95. The average Bonchev–Trinajstić information content (AvgIpc) is 2.80. The van der Waals surface area contributed by atoms with Crippen molar-refractivity contribution in [2.75, 3.05) is 27.7 Å². The molecule has 0 spiro atoms. The average molecular weight is 442 g/mol. The number of allylic oxidation sites excluding steroid dienone is 2. The van der Waals surface area contributed by atoms with Crippen molar-refractivity contribution < 1.29 is 14.6 Å². The fourth-order valence-corrected chi connectivity index (χ4v) is 5.03. The van der Waals surface area contributed by atoms with Crippen LogP contribution in [0.5, 0.6) is 5.75 Å². The lowest BCUT2D eigenvalue weighted by molar-refractivity contribution is 0.0699. The molecule has 33 heavy (non-hydrogen) atoms. The van der Waals surface area contributed by atoms with Crippen LogP contribution in [-0.2, 0) is 0 Å². The van der Waals surface area contributed by atoms with Crippen LogP contribution in [0, 0.1) is 5.92 Å². The second kappa shape index (κ2) is 9.63. The zero-order chi connectivity index (χ0) is 23.5. The summed E-state index contributed by atoms with van der Waals surface area (Å²) in [6, 6.07) is 19.8. The third-order valence-corrected chi connectivity index (χ3v) is 6.49. The summed E-state index contributed by atoms with van der Waals surface area (Å²) in [4.78, 5) is 14.2. The van der Waals surface area contributed by atoms with Gasteiger partial charge in [-0.3, -0.25) is 0 Å². The van der Waals surface area contributed by atoms with Gasteiger partial charge in [0.1, 0.15) is 5.75 Å². The molecule has 4 nitrogen and oxygen atoms in total. The Kier molecular flexibility index (Phi) is 6.66. The normalized spacial score (nSPS) is 17.7. The van der Waals surface area contributed by atoms with Crippen molar-refractivity contribution in [3.63, 3.8) is 0 Å². The first kappa shape index (κ1) is 22.8. The van der Waals surface area contributed by atoms with E-state index in [2.05, 4.69) is 50.2 Å². The van der Waals surface area contributed by atoms with E-state index in [1.165, 1.54) is 16.7 Å². The van der Waals surface area contributed by atoms with Crippen LogP contribution in [0.1, 0.15) is 41.3 Å². The molecule has 0 aromatic heterocycles. The monoisotopic (exact) mass is 441 g/mol. The first-order valence-electron chi connectivity index (χ1n) is 11.3. The number of carboxylic acid groups (broad SMARTS) is 1. The highest BCUT2D eigenvalue weighted by atomic mass is 16.5. The molecule has 170 valence electrons. The van der Waals surface area contributed by atoms with Crippen LogP contribution in [0.25, 0.3) is 22.4 Å². The number of methoxy groups -OCH3 is 1. The molecular formula is C29H31NO3. The number of aromatic carboxylic acids is 1. The number of hydrogen-bond donors (Lipinski definition) is 1. The lowest BCUT2D eigenvalue weighted by Gasteiger charge is -2.32. The van der Waals surface area contributed by atoms with Crippen LogP contribution in [0.4, 0.5) is 0 Å². The zero-order valence-corrected chi connectivity index (χ0v) is 19.8. The molecule has 0 heterocycles. The summed E-state index contributed by atoms with van der Waals surface area (Å²) in [5.74, 6) is 0.387. The Bertz CT molecular complexity index is 1250. The molecule has 0 saturated carbocycles. The van der Waals surface area contributed by atoms with Crippen LogP contribution in [-0.4, -0.2) is 43.7 Å². The van der Waals surface area contributed by atoms with Gasteiger partial charge in [-0.25, -0.2) is 4.79 Å². The fraction of sp³-hybridized carbons (Fsp3) is 0.276. The molecule has 0 amide bonds. The van der Waals surface area contributed by atoms with E-state index in [-0.39, 0.29) is 0 Å². The maximum atomic E-state index is 11.9. The molecule has 0 radical (unpaired) electrons. The van der Waals surface area contributed by atoms with Crippen LogP contribution in [0.3, 0.4) is 0 Å². The van der Waals surface area contributed by atoms with Crippen molar-refractivity contribution in [3.05, 3.63) is 88.5 Å². The number of benzene rings is 3. The highest BCUT2D eigenvalue weighted by Crippen LogP contribution is 2.43. The maximum absolute atomic E-state index is 11.9. The van der Waals surface area contributed by atoms with Gasteiger partial charge in [-0.05, 0) is 91.0 Å². The Labute approximate surface area is 195 Å². The second-order valence-corrected chi connectivity index (χ2v) is 9.00. The van der Waals surface area contributed by atoms with Crippen LogP contribution in [0.15, 0.2) is 71.8 Å². The number of nitrogens with zero attached hydrogens (tertiary/aromatic N) is 1. The molecule has 4 heteroatoms. The van der Waals surface area contributed by atoms with Gasteiger partial charge < -0.3 is 14.7 Å². The molecule has 0 fully saturated rings. The smallest absolute Gasteiger partial charge is 0.336 e. The van der Waals surface area contributed by atoms with E-state index in [0.29, 0.717) is 11.5 Å². The lowest BCUT2D eigenvalue weighted by atomic mass is 9.76. The molecule has 1 unspecified atom stereocenters. The van der Waals surface area contributed by atoms with Crippen molar-refractivity contribution in [2.24, 2.45) is 5.92 Å². The van der Waals surface area contributed by atoms with Gasteiger partial charge in [-0.15, -0.1) is 0 Å². The van der Waals surface area contributed by atoms with Gasteiger partial charge in [0.2, 0.25) is 0 Å². The molecule has 0 aliphatic heterocycles. The maximum Gasteiger partial charge on any atom is 0.336 e. The number of carbonyl (C=O) groups is 1. The summed E-state index contributed by atoms with van der Waals surface area (Å²) >= 11 is 0. The van der Waals surface area contributed by atoms with E-state index in [1.807, 2.05) is 36.4 Å². The number of carboxylic acids is 1. The van der Waals surface area contributed by atoms with Crippen molar-refractivity contribution in [2.45, 2.75) is 19.8 Å².